The molecule has 29 heavy (non-hydrogen) atoms. The van der Waals surface area contributed by atoms with Crippen LogP contribution in [0.4, 0.5) is 22.4 Å². The summed E-state index contributed by atoms with van der Waals surface area (Å²) in [5.41, 5.74) is -0.735. The topological polar surface area (TPSA) is 51.7 Å². The number of aromatic nitrogens is 1. The molecule has 2 heterocycles. The molecule has 1 amide bonds. The number of benzene rings is 1. The molecule has 0 unspecified atom stereocenters. The Morgan fingerprint density at radius 2 is 1.86 bits per heavy atom. The SMILES string of the molecule is CC(C)(C)OC(=O)N1CCc2c(Oc3ccc(F)cc3C(F)(F)F)ccnc2C1. The van der Waals surface area contributed by atoms with Crippen molar-refractivity contribution in [2.45, 2.75) is 45.5 Å². The van der Waals surface area contributed by atoms with Crippen LogP contribution in [-0.4, -0.2) is 28.1 Å². The average Bonchev–Trinajstić information content (AvgIpc) is 2.60. The lowest BCUT2D eigenvalue weighted by Crippen LogP contribution is -2.40. The van der Waals surface area contributed by atoms with E-state index in [0.717, 1.165) is 12.1 Å². The fraction of sp³-hybridized carbons (Fsp3) is 0.400. The van der Waals surface area contributed by atoms with Gasteiger partial charge in [0.25, 0.3) is 0 Å². The molecule has 0 aliphatic carbocycles. The van der Waals surface area contributed by atoms with E-state index in [2.05, 4.69) is 4.98 Å². The lowest BCUT2D eigenvalue weighted by molar-refractivity contribution is -0.138. The standard InChI is InChI=1S/C20H20F4N2O3/c1-19(2,3)29-18(27)26-9-7-13-15(11-26)25-8-6-16(13)28-17-5-4-12(21)10-14(17)20(22,23)24/h4-6,8,10H,7,9,11H2,1-3H3. The molecule has 0 saturated heterocycles. The van der Waals surface area contributed by atoms with Crippen LogP contribution in [-0.2, 0) is 23.9 Å². The lowest BCUT2D eigenvalue weighted by atomic mass is 10.0. The van der Waals surface area contributed by atoms with Crippen molar-refractivity contribution in [3.05, 3.63) is 53.1 Å². The number of ether oxygens (including phenoxy) is 2. The van der Waals surface area contributed by atoms with Crippen LogP contribution in [0.25, 0.3) is 0 Å². The fourth-order valence-corrected chi connectivity index (χ4v) is 2.94. The highest BCUT2D eigenvalue weighted by Gasteiger charge is 2.35. The number of carbonyl (C=O) groups is 1. The van der Waals surface area contributed by atoms with Crippen LogP contribution in [0, 0.1) is 5.82 Å². The normalized spacial score (nSPS) is 14.4. The molecule has 0 bridgehead atoms. The highest BCUT2D eigenvalue weighted by Crippen LogP contribution is 2.40. The van der Waals surface area contributed by atoms with Crippen LogP contribution < -0.4 is 4.74 Å². The predicted molar refractivity (Wildman–Crippen MR) is 96.1 cm³/mol. The van der Waals surface area contributed by atoms with E-state index in [1.54, 1.807) is 20.8 Å². The summed E-state index contributed by atoms with van der Waals surface area (Å²) < 4.78 is 63.9. The first kappa shape index (κ1) is 20.9. The van der Waals surface area contributed by atoms with Crippen molar-refractivity contribution in [2.24, 2.45) is 0 Å². The van der Waals surface area contributed by atoms with Gasteiger partial charge in [-0.1, -0.05) is 0 Å². The van der Waals surface area contributed by atoms with Gasteiger partial charge in [0.2, 0.25) is 0 Å². The van der Waals surface area contributed by atoms with Gasteiger partial charge in [-0.05, 0) is 51.5 Å². The van der Waals surface area contributed by atoms with Crippen LogP contribution in [0.1, 0.15) is 37.6 Å². The van der Waals surface area contributed by atoms with E-state index < -0.39 is 35.0 Å². The van der Waals surface area contributed by atoms with Gasteiger partial charge in [-0.15, -0.1) is 0 Å². The highest BCUT2D eigenvalue weighted by atomic mass is 19.4. The molecular weight excluding hydrogens is 392 g/mol. The zero-order valence-electron chi connectivity index (χ0n) is 16.1. The Balaban J connectivity index is 1.86. The van der Waals surface area contributed by atoms with E-state index in [1.807, 2.05) is 0 Å². The van der Waals surface area contributed by atoms with Crippen LogP contribution >= 0.6 is 0 Å². The summed E-state index contributed by atoms with van der Waals surface area (Å²) in [4.78, 5) is 18.0. The smallest absolute Gasteiger partial charge is 0.420 e. The number of pyridine rings is 1. The van der Waals surface area contributed by atoms with E-state index in [4.69, 9.17) is 9.47 Å². The summed E-state index contributed by atoms with van der Waals surface area (Å²) in [6.07, 6.45) is -3.53. The number of hydrogen-bond acceptors (Lipinski definition) is 4. The number of carbonyl (C=O) groups excluding carboxylic acids is 1. The molecule has 0 atom stereocenters. The summed E-state index contributed by atoms with van der Waals surface area (Å²) >= 11 is 0. The molecule has 0 radical (unpaired) electrons. The van der Waals surface area contributed by atoms with E-state index in [0.29, 0.717) is 30.3 Å². The van der Waals surface area contributed by atoms with Crippen LogP contribution in [0.15, 0.2) is 30.5 Å². The molecule has 0 saturated carbocycles. The maximum absolute atomic E-state index is 13.3. The molecule has 0 fully saturated rings. The molecule has 156 valence electrons. The largest absolute Gasteiger partial charge is 0.456 e. The van der Waals surface area contributed by atoms with Gasteiger partial charge in [-0.3, -0.25) is 4.98 Å². The summed E-state index contributed by atoms with van der Waals surface area (Å²) in [6, 6.07) is 3.70. The number of halogens is 4. The molecule has 1 aromatic carbocycles. The van der Waals surface area contributed by atoms with Crippen LogP contribution in [0.2, 0.25) is 0 Å². The van der Waals surface area contributed by atoms with Crippen molar-refractivity contribution in [2.75, 3.05) is 6.54 Å². The van der Waals surface area contributed by atoms with Crippen LogP contribution in [0.3, 0.4) is 0 Å². The molecule has 5 nitrogen and oxygen atoms in total. The second-order valence-electron chi connectivity index (χ2n) is 7.63. The number of nitrogens with zero attached hydrogens (tertiary/aromatic N) is 2. The monoisotopic (exact) mass is 412 g/mol. The number of fused-ring (bicyclic) bond motifs is 1. The second-order valence-corrected chi connectivity index (χ2v) is 7.63. The van der Waals surface area contributed by atoms with Gasteiger partial charge in [0.1, 0.15) is 28.5 Å². The molecule has 0 spiro atoms. The molecule has 0 N–H and O–H groups in total. The Morgan fingerprint density at radius 1 is 1.14 bits per heavy atom. The van der Waals surface area contributed by atoms with Gasteiger partial charge in [-0.25, -0.2) is 9.18 Å². The van der Waals surface area contributed by atoms with Gasteiger partial charge in [0.15, 0.2) is 0 Å². The molecular formula is C20H20F4N2O3. The number of hydrogen-bond donors (Lipinski definition) is 0. The maximum Gasteiger partial charge on any atom is 0.420 e. The Kier molecular flexibility index (Phi) is 5.42. The third-order valence-corrected chi connectivity index (χ3v) is 4.19. The molecule has 1 aliphatic heterocycles. The Labute approximate surface area is 165 Å². The minimum absolute atomic E-state index is 0.150. The molecule has 3 rings (SSSR count). The zero-order valence-corrected chi connectivity index (χ0v) is 16.1. The molecule has 9 heteroatoms. The minimum Gasteiger partial charge on any atom is -0.456 e. The van der Waals surface area contributed by atoms with Gasteiger partial charge in [-0.2, -0.15) is 13.2 Å². The first-order chi connectivity index (χ1) is 13.4. The van der Waals surface area contributed by atoms with Gasteiger partial charge < -0.3 is 14.4 Å². The van der Waals surface area contributed by atoms with Crippen molar-refractivity contribution >= 4 is 6.09 Å². The lowest BCUT2D eigenvalue weighted by Gasteiger charge is -2.31. The van der Waals surface area contributed by atoms with Crippen LogP contribution in [0.5, 0.6) is 11.5 Å². The summed E-state index contributed by atoms with van der Waals surface area (Å²) in [5, 5.41) is 0. The number of rotatable bonds is 2. The van der Waals surface area contributed by atoms with E-state index in [9.17, 15) is 22.4 Å². The van der Waals surface area contributed by atoms with Crippen molar-refractivity contribution in [1.82, 2.24) is 9.88 Å². The fourth-order valence-electron chi connectivity index (χ4n) is 2.94. The second kappa shape index (κ2) is 7.53. The van der Waals surface area contributed by atoms with Crippen molar-refractivity contribution in [1.29, 1.82) is 0 Å². The number of alkyl halides is 3. The van der Waals surface area contributed by atoms with E-state index >= 15 is 0 Å². The Bertz CT molecular complexity index is 923. The van der Waals surface area contributed by atoms with Crippen molar-refractivity contribution in [3.63, 3.8) is 0 Å². The van der Waals surface area contributed by atoms with Crippen molar-refractivity contribution in [3.8, 4) is 11.5 Å². The predicted octanol–water partition coefficient (Wildman–Crippen LogP) is 5.33. The Hall–Kier alpha value is -2.84. The maximum atomic E-state index is 13.3. The first-order valence-electron chi connectivity index (χ1n) is 8.93. The summed E-state index contributed by atoms with van der Waals surface area (Å²) in [5.74, 6) is -1.31. The number of amides is 1. The van der Waals surface area contributed by atoms with Crippen molar-refractivity contribution < 1.29 is 31.8 Å². The molecule has 1 aliphatic rings. The molecule has 1 aromatic heterocycles. The minimum atomic E-state index is -4.77. The summed E-state index contributed by atoms with van der Waals surface area (Å²) in [6.45, 7) is 5.73. The van der Waals surface area contributed by atoms with Gasteiger partial charge in [0, 0.05) is 18.3 Å². The highest BCUT2D eigenvalue weighted by molar-refractivity contribution is 5.68. The van der Waals surface area contributed by atoms with Gasteiger partial charge in [0.05, 0.1) is 12.2 Å². The molecule has 2 aromatic rings. The quantitative estimate of drug-likeness (QED) is 0.626. The average molecular weight is 412 g/mol. The first-order valence-corrected chi connectivity index (χ1v) is 8.93. The van der Waals surface area contributed by atoms with E-state index in [1.165, 1.54) is 17.2 Å². The van der Waals surface area contributed by atoms with E-state index in [-0.39, 0.29) is 12.3 Å². The summed E-state index contributed by atoms with van der Waals surface area (Å²) in [7, 11) is 0. The third-order valence-electron chi connectivity index (χ3n) is 4.19. The zero-order chi connectivity index (χ0) is 21.4. The Morgan fingerprint density at radius 3 is 2.52 bits per heavy atom. The van der Waals surface area contributed by atoms with Gasteiger partial charge >= 0.3 is 12.3 Å². The third kappa shape index (κ3) is 4.96.